The Hall–Kier alpha value is -0.380. The largest absolute Gasteiger partial charge is 0.327 e. The summed E-state index contributed by atoms with van der Waals surface area (Å²) in [6.07, 6.45) is 2.45. The van der Waals surface area contributed by atoms with Crippen molar-refractivity contribution in [1.82, 2.24) is 4.90 Å². The maximum atomic E-state index is 5.95. The number of thiophene rings is 1. The number of nitrogens with two attached hydrogens (primary N) is 1. The standard InChI is InChI=1S/C11H18N2S/c1-9-7-14-8-10(9)5-13-4-2-3-11(12)6-13/h7-8,11H,2-6,12H2,1H3. The van der Waals surface area contributed by atoms with Crippen LogP contribution in [0.5, 0.6) is 0 Å². The van der Waals surface area contributed by atoms with Crippen LogP contribution in [0.2, 0.25) is 0 Å². The highest BCUT2D eigenvalue weighted by Crippen LogP contribution is 2.18. The first-order valence-electron chi connectivity index (χ1n) is 5.25. The molecule has 1 unspecified atom stereocenters. The van der Waals surface area contributed by atoms with E-state index in [0.717, 1.165) is 13.1 Å². The number of hydrogen-bond donors (Lipinski definition) is 1. The summed E-state index contributed by atoms with van der Waals surface area (Å²) >= 11 is 1.80. The maximum absolute atomic E-state index is 5.95. The first-order valence-corrected chi connectivity index (χ1v) is 6.19. The zero-order chi connectivity index (χ0) is 9.97. The minimum Gasteiger partial charge on any atom is -0.327 e. The van der Waals surface area contributed by atoms with Gasteiger partial charge in [0.25, 0.3) is 0 Å². The smallest absolute Gasteiger partial charge is 0.0245 e. The summed E-state index contributed by atoms with van der Waals surface area (Å²) in [5.41, 5.74) is 8.85. The number of nitrogens with zero attached hydrogens (tertiary/aromatic N) is 1. The first kappa shape index (κ1) is 10.1. The van der Waals surface area contributed by atoms with Gasteiger partial charge in [0.05, 0.1) is 0 Å². The zero-order valence-electron chi connectivity index (χ0n) is 8.70. The lowest BCUT2D eigenvalue weighted by molar-refractivity contribution is 0.201. The molecule has 0 bridgehead atoms. The molecule has 2 nitrogen and oxygen atoms in total. The van der Waals surface area contributed by atoms with Crippen LogP contribution in [0.4, 0.5) is 0 Å². The molecule has 1 saturated heterocycles. The molecule has 0 saturated carbocycles. The Morgan fingerprint density at radius 2 is 2.43 bits per heavy atom. The normalized spacial score (nSPS) is 24.0. The Labute approximate surface area is 89.7 Å². The van der Waals surface area contributed by atoms with E-state index in [0.29, 0.717) is 6.04 Å². The number of hydrogen-bond acceptors (Lipinski definition) is 3. The van der Waals surface area contributed by atoms with Crippen molar-refractivity contribution in [3.05, 3.63) is 21.9 Å². The fourth-order valence-electron chi connectivity index (χ4n) is 2.02. The molecule has 1 fully saturated rings. The van der Waals surface area contributed by atoms with Crippen LogP contribution >= 0.6 is 11.3 Å². The molecule has 3 heteroatoms. The number of aryl methyl sites for hydroxylation is 1. The molecule has 0 aromatic carbocycles. The molecule has 2 N–H and O–H groups in total. The van der Waals surface area contributed by atoms with Crippen LogP contribution in [0, 0.1) is 6.92 Å². The van der Waals surface area contributed by atoms with Gasteiger partial charge in [-0.2, -0.15) is 11.3 Å². The maximum Gasteiger partial charge on any atom is 0.0245 e. The predicted octanol–water partition coefficient (Wildman–Crippen LogP) is 1.98. The van der Waals surface area contributed by atoms with Crippen LogP contribution in [0.3, 0.4) is 0 Å². The highest BCUT2D eigenvalue weighted by molar-refractivity contribution is 7.08. The SMILES string of the molecule is Cc1cscc1CN1CCCC(N)C1. The van der Waals surface area contributed by atoms with Crippen LogP contribution < -0.4 is 5.73 Å². The van der Waals surface area contributed by atoms with Crippen LogP contribution in [0.15, 0.2) is 10.8 Å². The second-order valence-corrected chi connectivity index (χ2v) is 4.96. The minimum absolute atomic E-state index is 0.391. The third kappa shape index (κ3) is 2.35. The van der Waals surface area contributed by atoms with Crippen molar-refractivity contribution in [2.75, 3.05) is 13.1 Å². The molecule has 0 spiro atoms. The van der Waals surface area contributed by atoms with E-state index in [4.69, 9.17) is 5.73 Å². The molecule has 2 rings (SSSR count). The quantitative estimate of drug-likeness (QED) is 0.809. The fourth-order valence-corrected chi connectivity index (χ4v) is 2.87. The van der Waals surface area contributed by atoms with E-state index < -0.39 is 0 Å². The van der Waals surface area contributed by atoms with Gasteiger partial charge in [-0.05, 0) is 48.2 Å². The average Bonchev–Trinajstić information content (AvgIpc) is 2.52. The number of piperidine rings is 1. The van der Waals surface area contributed by atoms with Crippen molar-refractivity contribution in [2.24, 2.45) is 5.73 Å². The zero-order valence-corrected chi connectivity index (χ0v) is 9.52. The van der Waals surface area contributed by atoms with E-state index in [-0.39, 0.29) is 0 Å². The third-order valence-corrected chi connectivity index (χ3v) is 3.81. The van der Waals surface area contributed by atoms with Crippen molar-refractivity contribution in [3.8, 4) is 0 Å². The monoisotopic (exact) mass is 210 g/mol. The Bertz CT molecular complexity index is 295. The van der Waals surface area contributed by atoms with Crippen LogP contribution in [-0.4, -0.2) is 24.0 Å². The summed E-state index contributed by atoms with van der Waals surface area (Å²) in [5.74, 6) is 0. The summed E-state index contributed by atoms with van der Waals surface area (Å²) in [6, 6.07) is 0.391. The summed E-state index contributed by atoms with van der Waals surface area (Å²) in [6.45, 7) is 5.55. The summed E-state index contributed by atoms with van der Waals surface area (Å²) < 4.78 is 0. The lowest BCUT2D eigenvalue weighted by Crippen LogP contribution is -2.42. The second kappa shape index (κ2) is 4.43. The lowest BCUT2D eigenvalue weighted by atomic mass is 10.1. The minimum atomic E-state index is 0.391. The van der Waals surface area contributed by atoms with E-state index in [2.05, 4.69) is 22.6 Å². The highest BCUT2D eigenvalue weighted by atomic mass is 32.1. The lowest BCUT2D eigenvalue weighted by Gasteiger charge is -2.30. The molecule has 1 aromatic rings. The van der Waals surface area contributed by atoms with Crippen molar-refractivity contribution >= 4 is 11.3 Å². The predicted molar refractivity (Wildman–Crippen MR) is 61.5 cm³/mol. The van der Waals surface area contributed by atoms with Gasteiger partial charge >= 0.3 is 0 Å². The fraction of sp³-hybridized carbons (Fsp3) is 0.636. The highest BCUT2D eigenvalue weighted by Gasteiger charge is 2.17. The van der Waals surface area contributed by atoms with Crippen molar-refractivity contribution in [2.45, 2.75) is 32.4 Å². The first-order chi connectivity index (χ1) is 6.75. The van der Waals surface area contributed by atoms with Gasteiger partial charge in [-0.1, -0.05) is 0 Å². The van der Waals surface area contributed by atoms with Gasteiger partial charge in [0.1, 0.15) is 0 Å². The molecule has 2 heterocycles. The van der Waals surface area contributed by atoms with E-state index in [1.807, 2.05) is 0 Å². The van der Waals surface area contributed by atoms with Gasteiger partial charge in [-0.25, -0.2) is 0 Å². The average molecular weight is 210 g/mol. The van der Waals surface area contributed by atoms with E-state index in [9.17, 15) is 0 Å². The van der Waals surface area contributed by atoms with Gasteiger partial charge in [-0.3, -0.25) is 4.90 Å². The van der Waals surface area contributed by atoms with E-state index >= 15 is 0 Å². The second-order valence-electron chi connectivity index (χ2n) is 4.22. The summed E-state index contributed by atoms with van der Waals surface area (Å²) in [5, 5.41) is 4.48. The molecule has 1 atom stereocenters. The molecule has 1 aliphatic heterocycles. The molecular formula is C11H18N2S. The topological polar surface area (TPSA) is 29.3 Å². The molecule has 14 heavy (non-hydrogen) atoms. The van der Waals surface area contributed by atoms with Gasteiger partial charge in [0.2, 0.25) is 0 Å². The van der Waals surface area contributed by atoms with Gasteiger partial charge in [-0.15, -0.1) is 0 Å². The molecule has 0 radical (unpaired) electrons. The molecule has 1 aliphatic rings. The van der Waals surface area contributed by atoms with Crippen molar-refractivity contribution in [1.29, 1.82) is 0 Å². The Kier molecular flexibility index (Phi) is 3.21. The summed E-state index contributed by atoms with van der Waals surface area (Å²) in [4.78, 5) is 2.48. The molecule has 0 aliphatic carbocycles. The van der Waals surface area contributed by atoms with Crippen LogP contribution in [0.25, 0.3) is 0 Å². The number of likely N-dealkylation sites (tertiary alicyclic amines) is 1. The molecular weight excluding hydrogens is 192 g/mol. The van der Waals surface area contributed by atoms with Gasteiger partial charge in [0, 0.05) is 19.1 Å². The van der Waals surface area contributed by atoms with Crippen molar-refractivity contribution < 1.29 is 0 Å². The molecule has 78 valence electrons. The Balaban J connectivity index is 1.94. The molecule has 1 aromatic heterocycles. The van der Waals surface area contributed by atoms with E-state index in [1.54, 1.807) is 11.3 Å². The molecule has 0 amide bonds. The van der Waals surface area contributed by atoms with Crippen LogP contribution in [-0.2, 0) is 6.54 Å². The van der Waals surface area contributed by atoms with Crippen molar-refractivity contribution in [3.63, 3.8) is 0 Å². The number of rotatable bonds is 2. The van der Waals surface area contributed by atoms with Gasteiger partial charge < -0.3 is 5.73 Å². The van der Waals surface area contributed by atoms with Crippen LogP contribution in [0.1, 0.15) is 24.0 Å². The van der Waals surface area contributed by atoms with E-state index in [1.165, 1.54) is 30.5 Å². The Morgan fingerprint density at radius 3 is 3.07 bits per heavy atom. The Morgan fingerprint density at radius 1 is 1.57 bits per heavy atom. The third-order valence-electron chi connectivity index (χ3n) is 2.90. The summed E-state index contributed by atoms with van der Waals surface area (Å²) in [7, 11) is 0. The van der Waals surface area contributed by atoms with Gasteiger partial charge in [0.15, 0.2) is 0 Å².